The van der Waals surface area contributed by atoms with Crippen molar-refractivity contribution >= 4 is 23.0 Å². The van der Waals surface area contributed by atoms with E-state index >= 15 is 0 Å². The highest BCUT2D eigenvalue weighted by molar-refractivity contribution is 7.09. The van der Waals surface area contributed by atoms with Crippen LogP contribution in [-0.4, -0.2) is 29.6 Å². The third-order valence-corrected chi connectivity index (χ3v) is 3.98. The summed E-state index contributed by atoms with van der Waals surface area (Å²) in [5, 5.41) is 13.7. The zero-order valence-corrected chi connectivity index (χ0v) is 14.5. The smallest absolute Gasteiger partial charge is 0.387 e. The summed E-state index contributed by atoms with van der Waals surface area (Å²) in [6.07, 6.45) is -0.0815. The molecular weight excluding hydrogens is 374 g/mol. The minimum atomic E-state index is -3.17. The van der Waals surface area contributed by atoms with Crippen LogP contribution < -0.4 is 9.47 Å². The van der Waals surface area contributed by atoms with E-state index in [4.69, 9.17) is 9.47 Å². The molecule has 0 aliphatic rings. The van der Waals surface area contributed by atoms with Crippen molar-refractivity contribution in [1.82, 2.24) is 4.98 Å². The number of hydrogen-bond donors (Lipinski definition) is 0. The van der Waals surface area contributed by atoms with Gasteiger partial charge in [-0.15, -0.1) is 11.3 Å². The quantitative estimate of drug-likeness (QED) is 0.389. The molecule has 0 saturated carbocycles. The van der Waals surface area contributed by atoms with Crippen molar-refractivity contribution in [3.05, 3.63) is 43.9 Å². The number of alkyl halides is 2. The first-order valence-electron chi connectivity index (χ1n) is 7.17. The molecule has 0 N–H and O–H groups in total. The first-order chi connectivity index (χ1) is 12.3. The summed E-state index contributed by atoms with van der Waals surface area (Å²) < 4.78 is 39.0. The number of ether oxygens (including phenoxy) is 3. The number of hydrogen-bond acceptors (Lipinski definition) is 8. The van der Waals surface area contributed by atoms with E-state index in [0.717, 1.165) is 17.1 Å². The van der Waals surface area contributed by atoms with Crippen molar-refractivity contribution in [3.8, 4) is 11.5 Å². The number of rotatable bonds is 8. The molecule has 1 aromatic carbocycles. The number of esters is 1. The van der Waals surface area contributed by atoms with Crippen LogP contribution in [0, 0.1) is 17.0 Å². The van der Waals surface area contributed by atoms with Gasteiger partial charge in [-0.2, -0.15) is 8.78 Å². The lowest BCUT2D eigenvalue weighted by Crippen LogP contribution is -2.10. The summed E-state index contributed by atoms with van der Waals surface area (Å²) in [4.78, 5) is 26.4. The highest BCUT2D eigenvalue weighted by atomic mass is 32.1. The molecule has 0 spiro atoms. The second kappa shape index (κ2) is 8.52. The molecule has 0 amide bonds. The standard InChI is InChI=1S/C15H14F2N2O6S/c1-8-18-10(7-26-8)4-14(20)24-6-9-3-12(23-2)13(25-15(16)17)5-11(9)19(21)22/h3,5,7,15H,4,6H2,1-2H3. The molecule has 0 fully saturated rings. The molecule has 11 heteroatoms. The van der Waals surface area contributed by atoms with Crippen LogP contribution in [-0.2, 0) is 22.6 Å². The number of methoxy groups -OCH3 is 1. The SMILES string of the molecule is COc1cc(COC(=O)Cc2csc(C)n2)c([N+](=O)[O-])cc1OC(F)F. The van der Waals surface area contributed by atoms with Crippen LogP contribution in [0.5, 0.6) is 11.5 Å². The van der Waals surface area contributed by atoms with Gasteiger partial charge in [-0.3, -0.25) is 14.9 Å². The van der Waals surface area contributed by atoms with Gasteiger partial charge >= 0.3 is 12.6 Å². The molecule has 2 aromatic rings. The lowest BCUT2D eigenvalue weighted by atomic mass is 10.1. The molecular formula is C15H14F2N2O6S. The Morgan fingerprint density at radius 1 is 1.38 bits per heavy atom. The molecule has 0 saturated heterocycles. The Balaban J connectivity index is 2.16. The minimum Gasteiger partial charge on any atom is -0.493 e. The molecule has 26 heavy (non-hydrogen) atoms. The van der Waals surface area contributed by atoms with Crippen molar-refractivity contribution in [2.75, 3.05) is 7.11 Å². The third-order valence-electron chi connectivity index (χ3n) is 3.16. The van der Waals surface area contributed by atoms with Crippen molar-refractivity contribution in [2.24, 2.45) is 0 Å². The number of aromatic nitrogens is 1. The van der Waals surface area contributed by atoms with E-state index in [2.05, 4.69) is 9.72 Å². The number of halogens is 2. The molecule has 8 nitrogen and oxygen atoms in total. The maximum atomic E-state index is 12.4. The Hall–Kier alpha value is -2.82. The van der Waals surface area contributed by atoms with Crippen molar-refractivity contribution < 1.29 is 32.7 Å². The summed E-state index contributed by atoms with van der Waals surface area (Å²) in [6.45, 7) is -1.81. The van der Waals surface area contributed by atoms with E-state index in [1.807, 2.05) is 0 Å². The fraction of sp³-hybridized carbons (Fsp3) is 0.333. The van der Waals surface area contributed by atoms with E-state index in [0.29, 0.717) is 5.69 Å². The van der Waals surface area contributed by atoms with Crippen molar-refractivity contribution in [1.29, 1.82) is 0 Å². The number of nitro groups is 1. The van der Waals surface area contributed by atoms with Crippen LogP contribution in [0.25, 0.3) is 0 Å². The molecule has 1 aromatic heterocycles. The van der Waals surface area contributed by atoms with E-state index < -0.39 is 35.5 Å². The topological polar surface area (TPSA) is 101 Å². The van der Waals surface area contributed by atoms with E-state index in [9.17, 15) is 23.7 Å². The van der Waals surface area contributed by atoms with E-state index in [1.165, 1.54) is 18.4 Å². The predicted octanol–water partition coefficient (Wildman–Crippen LogP) is 3.26. The lowest BCUT2D eigenvalue weighted by Gasteiger charge is -2.12. The fourth-order valence-corrected chi connectivity index (χ4v) is 2.68. The Bertz CT molecular complexity index is 811. The van der Waals surface area contributed by atoms with Gasteiger partial charge in [0.2, 0.25) is 0 Å². The molecule has 1 heterocycles. The Labute approximate surface area is 150 Å². The van der Waals surface area contributed by atoms with Crippen LogP contribution in [0.4, 0.5) is 14.5 Å². The highest BCUT2D eigenvalue weighted by Gasteiger charge is 2.22. The van der Waals surface area contributed by atoms with Gasteiger partial charge in [-0.05, 0) is 13.0 Å². The zero-order chi connectivity index (χ0) is 19.3. The number of nitro benzene ring substituents is 1. The zero-order valence-electron chi connectivity index (χ0n) is 13.7. The van der Waals surface area contributed by atoms with Crippen molar-refractivity contribution in [2.45, 2.75) is 26.6 Å². The minimum absolute atomic E-state index is 0.0173. The maximum absolute atomic E-state index is 12.4. The van der Waals surface area contributed by atoms with Crippen LogP contribution in [0.15, 0.2) is 17.5 Å². The number of carbonyl (C=O) groups excluding carboxylic acids is 1. The predicted molar refractivity (Wildman–Crippen MR) is 86.6 cm³/mol. The summed E-state index contributed by atoms with van der Waals surface area (Å²) >= 11 is 1.38. The van der Waals surface area contributed by atoms with Crippen LogP contribution in [0.3, 0.4) is 0 Å². The largest absolute Gasteiger partial charge is 0.493 e. The summed E-state index contributed by atoms with van der Waals surface area (Å²) in [5.41, 5.74) is -0.0136. The number of aryl methyl sites for hydroxylation is 1. The van der Waals surface area contributed by atoms with Gasteiger partial charge in [0.1, 0.15) is 6.61 Å². The summed E-state index contributed by atoms with van der Waals surface area (Å²) in [6, 6.07) is 1.92. The van der Waals surface area contributed by atoms with Crippen LogP contribution >= 0.6 is 11.3 Å². The third kappa shape index (κ3) is 5.09. The number of carbonyl (C=O) groups is 1. The number of benzene rings is 1. The summed E-state index contributed by atoms with van der Waals surface area (Å²) in [7, 11) is 1.19. The van der Waals surface area contributed by atoms with Gasteiger partial charge in [0.05, 0.1) is 40.8 Å². The first kappa shape index (κ1) is 19.5. The van der Waals surface area contributed by atoms with E-state index in [1.54, 1.807) is 12.3 Å². The molecule has 0 aliphatic heterocycles. The van der Waals surface area contributed by atoms with Crippen molar-refractivity contribution in [3.63, 3.8) is 0 Å². The Kier molecular flexibility index (Phi) is 6.39. The molecule has 140 valence electrons. The molecule has 2 rings (SSSR count). The van der Waals surface area contributed by atoms with Crippen LogP contribution in [0.1, 0.15) is 16.3 Å². The van der Waals surface area contributed by atoms with Gasteiger partial charge < -0.3 is 14.2 Å². The van der Waals surface area contributed by atoms with Gasteiger partial charge in [0.25, 0.3) is 5.69 Å². The molecule has 0 atom stereocenters. The first-order valence-corrected chi connectivity index (χ1v) is 8.05. The maximum Gasteiger partial charge on any atom is 0.387 e. The molecule has 0 bridgehead atoms. The van der Waals surface area contributed by atoms with E-state index in [-0.39, 0.29) is 17.7 Å². The molecule has 0 radical (unpaired) electrons. The monoisotopic (exact) mass is 388 g/mol. The Morgan fingerprint density at radius 2 is 2.12 bits per heavy atom. The highest BCUT2D eigenvalue weighted by Crippen LogP contribution is 2.36. The molecule has 0 aliphatic carbocycles. The second-order valence-corrected chi connectivity index (χ2v) is 6.02. The number of nitrogens with zero attached hydrogens (tertiary/aromatic N) is 2. The van der Waals surface area contributed by atoms with Gasteiger partial charge in [0, 0.05) is 5.38 Å². The van der Waals surface area contributed by atoms with Gasteiger partial charge in [-0.1, -0.05) is 0 Å². The van der Waals surface area contributed by atoms with Crippen LogP contribution in [0.2, 0.25) is 0 Å². The normalized spacial score (nSPS) is 10.7. The second-order valence-electron chi connectivity index (χ2n) is 4.96. The van der Waals surface area contributed by atoms with Gasteiger partial charge in [0.15, 0.2) is 11.5 Å². The average molecular weight is 388 g/mol. The Morgan fingerprint density at radius 3 is 2.65 bits per heavy atom. The summed E-state index contributed by atoms with van der Waals surface area (Å²) in [5.74, 6) is -1.25. The number of thiazole rings is 1. The fourth-order valence-electron chi connectivity index (χ4n) is 2.07. The lowest BCUT2D eigenvalue weighted by molar-refractivity contribution is -0.386. The molecule has 0 unspecified atom stereocenters. The van der Waals surface area contributed by atoms with Gasteiger partial charge in [-0.25, -0.2) is 4.98 Å². The average Bonchev–Trinajstić information content (AvgIpc) is 2.97.